The normalized spacial score (nSPS) is 11.2. The van der Waals surface area contributed by atoms with E-state index in [-0.39, 0.29) is 11.5 Å². The summed E-state index contributed by atoms with van der Waals surface area (Å²) in [4.78, 5) is 39.0. The number of anilines is 1. The van der Waals surface area contributed by atoms with Gasteiger partial charge in [0.15, 0.2) is 17.3 Å². The number of carbonyl (C=O) groups excluding carboxylic acids is 3. The third-order valence-corrected chi connectivity index (χ3v) is 6.73. The second-order valence-electron chi connectivity index (χ2n) is 8.86. The molecular formula is C33H26Cl2N2O5. The summed E-state index contributed by atoms with van der Waals surface area (Å²) in [5.74, 6) is -0.307. The van der Waals surface area contributed by atoms with Crippen LogP contribution in [0.5, 0.6) is 11.5 Å². The minimum absolute atomic E-state index is 0.00391. The highest BCUT2D eigenvalue weighted by Gasteiger charge is 2.16. The zero-order valence-electron chi connectivity index (χ0n) is 22.7. The predicted molar refractivity (Wildman–Crippen MR) is 166 cm³/mol. The van der Waals surface area contributed by atoms with Crippen LogP contribution in [0.25, 0.3) is 12.2 Å². The van der Waals surface area contributed by atoms with Gasteiger partial charge in [0.25, 0.3) is 11.8 Å². The lowest BCUT2D eigenvalue weighted by molar-refractivity contribution is -0.113. The number of rotatable bonds is 10. The lowest BCUT2D eigenvalue weighted by Gasteiger charge is -2.13. The Hall–Kier alpha value is -4.85. The zero-order valence-corrected chi connectivity index (χ0v) is 24.2. The van der Waals surface area contributed by atoms with E-state index in [0.717, 1.165) is 0 Å². The van der Waals surface area contributed by atoms with E-state index >= 15 is 0 Å². The number of methoxy groups -OCH3 is 2. The Balaban J connectivity index is 1.54. The van der Waals surface area contributed by atoms with Crippen molar-refractivity contribution in [2.75, 3.05) is 19.5 Å². The number of carbonyl (C=O) groups is 3. The van der Waals surface area contributed by atoms with Gasteiger partial charge in [0.05, 0.1) is 14.2 Å². The van der Waals surface area contributed by atoms with Gasteiger partial charge in [-0.05, 0) is 84.5 Å². The van der Waals surface area contributed by atoms with Crippen molar-refractivity contribution in [1.29, 1.82) is 0 Å². The average Bonchev–Trinajstić information content (AvgIpc) is 3.01. The van der Waals surface area contributed by atoms with Crippen LogP contribution in [0, 0.1) is 0 Å². The first-order valence-electron chi connectivity index (χ1n) is 12.7. The molecule has 0 aliphatic carbocycles. The number of hydrogen-bond acceptors (Lipinski definition) is 5. The summed E-state index contributed by atoms with van der Waals surface area (Å²) in [5.41, 5.74) is 2.34. The Labute approximate surface area is 253 Å². The summed E-state index contributed by atoms with van der Waals surface area (Å²) in [6.07, 6.45) is 4.47. The summed E-state index contributed by atoms with van der Waals surface area (Å²) in [6, 6.07) is 25.1. The molecule has 0 aliphatic heterocycles. The van der Waals surface area contributed by atoms with Crippen LogP contribution >= 0.6 is 23.2 Å². The molecule has 4 rings (SSSR count). The Bertz CT molecular complexity index is 1650. The van der Waals surface area contributed by atoms with E-state index in [4.69, 9.17) is 32.7 Å². The monoisotopic (exact) mass is 600 g/mol. The highest BCUT2D eigenvalue weighted by atomic mass is 35.5. The van der Waals surface area contributed by atoms with Crippen LogP contribution in [0.15, 0.2) is 103 Å². The van der Waals surface area contributed by atoms with Gasteiger partial charge in [-0.1, -0.05) is 53.5 Å². The van der Waals surface area contributed by atoms with Crippen molar-refractivity contribution in [3.8, 4) is 11.5 Å². The van der Waals surface area contributed by atoms with Crippen LogP contribution in [0.1, 0.15) is 31.8 Å². The first kappa shape index (κ1) is 30.1. The SMILES string of the molecule is COc1ccc(/C=C(\NC(=O)c2ccccc2)C(=O)Nc2ccc(C(=O)/C=C/c3c(Cl)cccc3Cl)cc2)cc1OC. The van der Waals surface area contributed by atoms with Gasteiger partial charge in [-0.3, -0.25) is 14.4 Å². The van der Waals surface area contributed by atoms with E-state index in [1.165, 1.54) is 26.4 Å². The van der Waals surface area contributed by atoms with Gasteiger partial charge in [0.2, 0.25) is 0 Å². The lowest BCUT2D eigenvalue weighted by Crippen LogP contribution is -2.30. The average molecular weight is 601 g/mol. The van der Waals surface area contributed by atoms with Crippen molar-refractivity contribution in [3.05, 3.63) is 135 Å². The highest BCUT2D eigenvalue weighted by molar-refractivity contribution is 6.37. The quantitative estimate of drug-likeness (QED) is 0.147. The van der Waals surface area contributed by atoms with Crippen LogP contribution in [0.4, 0.5) is 5.69 Å². The first-order chi connectivity index (χ1) is 20.3. The molecule has 7 nitrogen and oxygen atoms in total. The molecule has 4 aromatic carbocycles. The van der Waals surface area contributed by atoms with Crippen LogP contribution in [0.3, 0.4) is 0 Å². The minimum Gasteiger partial charge on any atom is -0.493 e. The number of halogens is 2. The number of ether oxygens (including phenoxy) is 2. The van der Waals surface area contributed by atoms with Crippen molar-refractivity contribution < 1.29 is 23.9 Å². The van der Waals surface area contributed by atoms with Gasteiger partial charge >= 0.3 is 0 Å². The van der Waals surface area contributed by atoms with E-state index in [1.807, 2.05) is 0 Å². The molecule has 0 saturated carbocycles. The molecule has 0 radical (unpaired) electrons. The largest absolute Gasteiger partial charge is 0.493 e. The summed E-state index contributed by atoms with van der Waals surface area (Å²) < 4.78 is 10.6. The van der Waals surface area contributed by atoms with E-state index in [9.17, 15) is 14.4 Å². The van der Waals surface area contributed by atoms with E-state index in [1.54, 1.807) is 97.1 Å². The minimum atomic E-state index is -0.568. The van der Waals surface area contributed by atoms with E-state index in [0.29, 0.717) is 49.5 Å². The molecule has 2 N–H and O–H groups in total. The molecule has 0 heterocycles. The lowest BCUT2D eigenvalue weighted by atomic mass is 10.1. The standard InChI is InChI=1S/C33H26Cl2N2O5/c1-41-30-18-11-21(20-31(30)42-2)19-28(37-32(39)23-7-4-3-5-8-23)33(40)36-24-14-12-22(13-15-24)29(38)17-16-25-26(34)9-6-10-27(25)35/h3-20H,1-2H3,(H,36,40)(H,37,39)/b17-16+,28-19-. The second-order valence-corrected chi connectivity index (χ2v) is 9.67. The number of allylic oxidation sites excluding steroid dienone is 1. The molecule has 0 atom stereocenters. The maximum Gasteiger partial charge on any atom is 0.272 e. The number of ketones is 1. The maximum absolute atomic E-state index is 13.4. The third-order valence-electron chi connectivity index (χ3n) is 6.08. The molecule has 0 spiro atoms. The topological polar surface area (TPSA) is 93.7 Å². The molecule has 0 bridgehead atoms. The molecule has 2 amide bonds. The van der Waals surface area contributed by atoms with Gasteiger partial charge in [-0.25, -0.2) is 0 Å². The smallest absolute Gasteiger partial charge is 0.272 e. The fraction of sp³-hybridized carbons (Fsp3) is 0.0606. The number of benzene rings is 4. The molecule has 0 aliphatic rings. The van der Waals surface area contributed by atoms with Gasteiger partial charge in [-0.2, -0.15) is 0 Å². The summed E-state index contributed by atoms with van der Waals surface area (Å²) in [7, 11) is 3.03. The van der Waals surface area contributed by atoms with Crippen LogP contribution < -0.4 is 20.1 Å². The van der Waals surface area contributed by atoms with Crippen LogP contribution in [0.2, 0.25) is 10.0 Å². The number of hydrogen-bond donors (Lipinski definition) is 2. The first-order valence-corrected chi connectivity index (χ1v) is 13.4. The fourth-order valence-electron chi connectivity index (χ4n) is 3.89. The number of amides is 2. The van der Waals surface area contributed by atoms with Crippen molar-refractivity contribution in [1.82, 2.24) is 5.32 Å². The van der Waals surface area contributed by atoms with Gasteiger partial charge in [0, 0.05) is 32.4 Å². The van der Waals surface area contributed by atoms with Gasteiger partial charge in [-0.15, -0.1) is 0 Å². The number of nitrogens with one attached hydrogen (secondary N) is 2. The Morgan fingerprint density at radius 2 is 1.40 bits per heavy atom. The molecule has 9 heteroatoms. The molecular weight excluding hydrogens is 575 g/mol. The molecule has 212 valence electrons. The molecule has 42 heavy (non-hydrogen) atoms. The van der Waals surface area contributed by atoms with E-state index in [2.05, 4.69) is 10.6 Å². The maximum atomic E-state index is 13.4. The Morgan fingerprint density at radius 3 is 2.05 bits per heavy atom. The van der Waals surface area contributed by atoms with Gasteiger partial charge in [0.1, 0.15) is 5.70 Å². The third kappa shape index (κ3) is 7.66. The van der Waals surface area contributed by atoms with Crippen molar-refractivity contribution in [3.63, 3.8) is 0 Å². The fourth-order valence-corrected chi connectivity index (χ4v) is 4.42. The Morgan fingerprint density at radius 1 is 0.738 bits per heavy atom. The Kier molecular flexibility index (Phi) is 10.2. The van der Waals surface area contributed by atoms with Crippen LogP contribution in [-0.4, -0.2) is 31.8 Å². The molecule has 0 unspecified atom stereocenters. The van der Waals surface area contributed by atoms with Gasteiger partial charge < -0.3 is 20.1 Å². The zero-order chi connectivity index (χ0) is 30.1. The van der Waals surface area contributed by atoms with Crippen LogP contribution in [-0.2, 0) is 4.79 Å². The molecule has 0 saturated heterocycles. The molecule has 0 fully saturated rings. The summed E-state index contributed by atoms with van der Waals surface area (Å²) in [5, 5.41) is 6.32. The summed E-state index contributed by atoms with van der Waals surface area (Å²) in [6.45, 7) is 0. The highest BCUT2D eigenvalue weighted by Crippen LogP contribution is 2.29. The molecule has 0 aromatic heterocycles. The molecule has 4 aromatic rings. The van der Waals surface area contributed by atoms with Crippen molar-refractivity contribution in [2.45, 2.75) is 0 Å². The summed E-state index contributed by atoms with van der Waals surface area (Å²) >= 11 is 12.3. The van der Waals surface area contributed by atoms with Crippen molar-refractivity contribution in [2.24, 2.45) is 0 Å². The second kappa shape index (κ2) is 14.2. The van der Waals surface area contributed by atoms with E-state index < -0.39 is 11.8 Å². The predicted octanol–water partition coefficient (Wildman–Crippen LogP) is 7.32. The van der Waals surface area contributed by atoms with Crippen molar-refractivity contribution >= 4 is 58.6 Å².